The summed E-state index contributed by atoms with van der Waals surface area (Å²) >= 11 is 0. The molecule has 0 fully saturated rings. The lowest BCUT2D eigenvalue weighted by Crippen LogP contribution is -2.26. The van der Waals surface area contributed by atoms with Crippen molar-refractivity contribution < 1.29 is 22.7 Å². The fourth-order valence-corrected chi connectivity index (χ4v) is 2.60. The number of rotatable bonds is 7. The van der Waals surface area contributed by atoms with Crippen molar-refractivity contribution in [3.63, 3.8) is 0 Å². The van der Waals surface area contributed by atoms with Crippen LogP contribution >= 0.6 is 0 Å². The Kier molecular flexibility index (Phi) is 5.93. The van der Waals surface area contributed by atoms with Crippen LogP contribution in [-0.2, 0) is 14.8 Å². The minimum Gasteiger partial charge on any atom is -0.496 e. The van der Waals surface area contributed by atoms with Gasteiger partial charge in [-0.1, -0.05) is 0 Å². The van der Waals surface area contributed by atoms with Gasteiger partial charge in [0.05, 0.1) is 19.1 Å². The predicted octanol–water partition coefficient (Wildman–Crippen LogP) is 0.109. The largest absolute Gasteiger partial charge is 0.496 e. The number of methoxy groups -OCH3 is 2. The first kappa shape index (κ1) is 16.4. The van der Waals surface area contributed by atoms with Gasteiger partial charge >= 0.3 is 5.97 Å². The molecule has 0 aliphatic heterocycles. The molecule has 0 saturated carbocycles. The molecule has 1 aromatic carbocycles. The molecular formula is C12H18N2O5S. The molecule has 0 unspecified atom stereocenters. The first-order valence-corrected chi connectivity index (χ1v) is 7.40. The number of benzene rings is 1. The van der Waals surface area contributed by atoms with E-state index in [0.717, 1.165) is 0 Å². The van der Waals surface area contributed by atoms with Crippen molar-refractivity contribution in [2.24, 2.45) is 5.73 Å². The van der Waals surface area contributed by atoms with Gasteiger partial charge < -0.3 is 15.2 Å². The summed E-state index contributed by atoms with van der Waals surface area (Å²) in [5.41, 5.74) is 5.47. The zero-order chi connectivity index (χ0) is 15.2. The average Bonchev–Trinajstić information content (AvgIpc) is 2.45. The Balaban J connectivity index is 3.06. The fourth-order valence-electron chi connectivity index (χ4n) is 1.51. The van der Waals surface area contributed by atoms with Crippen LogP contribution < -0.4 is 15.2 Å². The third-order valence-corrected chi connectivity index (χ3v) is 4.02. The Hall–Kier alpha value is -1.64. The number of sulfonamides is 1. The second-order valence-corrected chi connectivity index (χ2v) is 5.66. The molecule has 1 aromatic rings. The molecule has 0 saturated heterocycles. The van der Waals surface area contributed by atoms with E-state index in [0.29, 0.717) is 13.0 Å². The third-order valence-electron chi connectivity index (χ3n) is 2.56. The summed E-state index contributed by atoms with van der Waals surface area (Å²) in [6.07, 6.45) is 0.538. The number of carbonyl (C=O) groups is 1. The molecule has 0 atom stereocenters. The van der Waals surface area contributed by atoms with Crippen molar-refractivity contribution in [2.75, 3.05) is 27.3 Å². The Bertz CT molecular complexity index is 571. The number of ether oxygens (including phenoxy) is 2. The summed E-state index contributed by atoms with van der Waals surface area (Å²) < 4.78 is 36.0. The molecular weight excluding hydrogens is 284 g/mol. The third kappa shape index (κ3) is 3.92. The quantitative estimate of drug-likeness (QED) is 0.547. The topological polar surface area (TPSA) is 108 Å². The van der Waals surface area contributed by atoms with Crippen molar-refractivity contribution in [3.8, 4) is 5.75 Å². The molecule has 7 nitrogen and oxygen atoms in total. The Morgan fingerprint density at radius 2 is 2.05 bits per heavy atom. The van der Waals surface area contributed by atoms with Crippen molar-refractivity contribution in [1.82, 2.24) is 4.72 Å². The molecule has 1 rings (SSSR count). The number of nitrogens with one attached hydrogen (secondary N) is 1. The van der Waals surface area contributed by atoms with Crippen molar-refractivity contribution in [2.45, 2.75) is 11.3 Å². The van der Waals surface area contributed by atoms with Gasteiger partial charge in [-0.25, -0.2) is 17.9 Å². The van der Waals surface area contributed by atoms with Gasteiger partial charge in [-0.15, -0.1) is 0 Å². The second kappa shape index (κ2) is 7.22. The minimum absolute atomic E-state index is 0.0130. The highest BCUT2D eigenvalue weighted by molar-refractivity contribution is 7.89. The van der Waals surface area contributed by atoms with Gasteiger partial charge in [-0.05, 0) is 25.1 Å². The average molecular weight is 302 g/mol. The van der Waals surface area contributed by atoms with Gasteiger partial charge in [0.15, 0.2) is 0 Å². The van der Waals surface area contributed by atoms with Gasteiger partial charge in [-0.3, -0.25) is 0 Å². The summed E-state index contributed by atoms with van der Waals surface area (Å²) in [4.78, 5) is 11.5. The molecule has 0 amide bonds. The van der Waals surface area contributed by atoms with Crippen LogP contribution in [-0.4, -0.2) is 41.7 Å². The van der Waals surface area contributed by atoms with Crippen LogP contribution in [0.15, 0.2) is 23.1 Å². The standard InChI is InChI=1S/C12H18N2O5S/c1-18-11-8-9(4-5-10(11)12(15)19-2)20(16,17)14-7-3-6-13/h4-5,8,14H,3,6-7,13H2,1-2H3. The predicted molar refractivity (Wildman–Crippen MR) is 73.2 cm³/mol. The van der Waals surface area contributed by atoms with E-state index >= 15 is 0 Å². The van der Waals surface area contributed by atoms with Crippen LogP contribution in [0.4, 0.5) is 0 Å². The zero-order valence-electron chi connectivity index (χ0n) is 11.4. The molecule has 0 aromatic heterocycles. The second-order valence-electron chi connectivity index (χ2n) is 3.89. The lowest BCUT2D eigenvalue weighted by atomic mass is 10.2. The van der Waals surface area contributed by atoms with Crippen LogP contribution in [0.5, 0.6) is 5.75 Å². The molecule has 0 heterocycles. The smallest absolute Gasteiger partial charge is 0.341 e. The van der Waals surface area contributed by atoms with Crippen molar-refractivity contribution in [3.05, 3.63) is 23.8 Å². The van der Waals surface area contributed by atoms with E-state index in [1.165, 1.54) is 32.4 Å². The Morgan fingerprint density at radius 3 is 2.60 bits per heavy atom. The lowest BCUT2D eigenvalue weighted by Gasteiger charge is -2.10. The maximum absolute atomic E-state index is 12.0. The SMILES string of the molecule is COC(=O)c1ccc(S(=O)(=O)NCCCN)cc1OC. The van der Waals surface area contributed by atoms with Crippen LogP contribution in [0.25, 0.3) is 0 Å². The number of esters is 1. The number of hydrogen-bond acceptors (Lipinski definition) is 6. The molecule has 3 N–H and O–H groups in total. The highest BCUT2D eigenvalue weighted by atomic mass is 32.2. The van der Waals surface area contributed by atoms with E-state index in [9.17, 15) is 13.2 Å². The summed E-state index contributed by atoms with van der Waals surface area (Å²) in [6.45, 7) is 0.646. The normalized spacial score (nSPS) is 11.2. The first-order chi connectivity index (χ1) is 9.46. The minimum atomic E-state index is -3.65. The van der Waals surface area contributed by atoms with Gasteiger partial charge in [0, 0.05) is 12.6 Å². The monoisotopic (exact) mass is 302 g/mol. The highest BCUT2D eigenvalue weighted by Crippen LogP contribution is 2.23. The summed E-state index contributed by atoms with van der Waals surface area (Å²) in [7, 11) is -1.07. The molecule has 0 radical (unpaired) electrons. The van der Waals surface area contributed by atoms with Crippen LogP contribution in [0.1, 0.15) is 16.8 Å². The summed E-state index contributed by atoms with van der Waals surface area (Å²) in [5.74, 6) is -0.458. The molecule has 0 bridgehead atoms. The van der Waals surface area contributed by atoms with Crippen molar-refractivity contribution >= 4 is 16.0 Å². The van der Waals surface area contributed by atoms with Crippen LogP contribution in [0.3, 0.4) is 0 Å². The van der Waals surface area contributed by atoms with Gasteiger partial charge in [0.2, 0.25) is 10.0 Å². The number of nitrogens with two attached hydrogens (primary N) is 1. The van der Waals surface area contributed by atoms with Gasteiger partial charge in [0.1, 0.15) is 11.3 Å². The Labute approximate surface area is 118 Å². The highest BCUT2D eigenvalue weighted by Gasteiger charge is 2.19. The molecule has 0 spiro atoms. The van der Waals surface area contributed by atoms with E-state index in [-0.39, 0.29) is 22.8 Å². The van der Waals surface area contributed by atoms with Crippen LogP contribution in [0, 0.1) is 0 Å². The van der Waals surface area contributed by atoms with Crippen molar-refractivity contribution in [1.29, 1.82) is 0 Å². The molecule has 112 valence electrons. The van der Waals surface area contributed by atoms with Crippen LogP contribution in [0.2, 0.25) is 0 Å². The molecule has 0 aliphatic rings. The van der Waals surface area contributed by atoms with E-state index in [1.807, 2.05) is 0 Å². The van der Waals surface area contributed by atoms with Gasteiger partial charge in [-0.2, -0.15) is 0 Å². The number of carbonyl (C=O) groups excluding carboxylic acids is 1. The first-order valence-electron chi connectivity index (χ1n) is 5.92. The fraction of sp³-hybridized carbons (Fsp3) is 0.417. The lowest BCUT2D eigenvalue weighted by molar-refractivity contribution is 0.0597. The number of hydrogen-bond donors (Lipinski definition) is 2. The van der Waals surface area contributed by atoms with E-state index in [4.69, 9.17) is 10.5 Å². The van der Waals surface area contributed by atoms with E-state index in [2.05, 4.69) is 9.46 Å². The maximum Gasteiger partial charge on any atom is 0.341 e. The molecule has 8 heteroatoms. The zero-order valence-corrected chi connectivity index (χ0v) is 12.2. The Morgan fingerprint density at radius 1 is 1.35 bits per heavy atom. The maximum atomic E-state index is 12.0. The summed E-state index contributed by atoms with van der Waals surface area (Å²) in [6, 6.07) is 3.94. The molecule has 20 heavy (non-hydrogen) atoms. The summed E-state index contributed by atoms with van der Waals surface area (Å²) in [5, 5.41) is 0. The van der Waals surface area contributed by atoms with E-state index in [1.54, 1.807) is 0 Å². The molecule has 0 aliphatic carbocycles. The van der Waals surface area contributed by atoms with E-state index < -0.39 is 16.0 Å². The van der Waals surface area contributed by atoms with Gasteiger partial charge in [0.25, 0.3) is 0 Å².